The number of methoxy groups -OCH3 is 1. The van der Waals surface area contributed by atoms with Crippen molar-refractivity contribution in [3.8, 4) is 11.5 Å². The summed E-state index contributed by atoms with van der Waals surface area (Å²) < 4.78 is 85.6. The minimum Gasteiger partial charge on any atom is -0.493 e. The topological polar surface area (TPSA) is 21.7 Å². The van der Waals surface area contributed by atoms with Crippen LogP contribution in [0.4, 0.5) is 26.3 Å². The number of hydrogen-bond acceptors (Lipinski definition) is 3. The predicted molar refractivity (Wildman–Crippen MR) is 91.3 cm³/mol. The second kappa shape index (κ2) is 8.41. The molecule has 1 aromatic rings. The standard InChI is InChI=1S/C16H18F6INO2/c1-25-13-7-10(6-12(23)14(13)26-9-15(17,18)19)8-24-4-2-11(3-5-24)16(20,21)22/h6-7,11H,2-5,8-9H2,1H3. The summed E-state index contributed by atoms with van der Waals surface area (Å²) in [4.78, 5) is 1.89. The zero-order valence-corrected chi connectivity index (χ0v) is 16.0. The zero-order valence-electron chi connectivity index (χ0n) is 13.9. The second-order valence-electron chi connectivity index (χ2n) is 6.10. The lowest BCUT2D eigenvalue weighted by Crippen LogP contribution is -2.38. The molecule has 1 heterocycles. The van der Waals surface area contributed by atoms with Crippen molar-refractivity contribution in [1.82, 2.24) is 4.90 Å². The van der Waals surface area contributed by atoms with Crippen LogP contribution in [0.1, 0.15) is 18.4 Å². The van der Waals surface area contributed by atoms with E-state index in [9.17, 15) is 26.3 Å². The Labute approximate surface area is 160 Å². The normalized spacial score (nSPS) is 17.4. The van der Waals surface area contributed by atoms with E-state index >= 15 is 0 Å². The third-order valence-corrected chi connectivity index (χ3v) is 4.93. The molecule has 26 heavy (non-hydrogen) atoms. The fraction of sp³-hybridized carbons (Fsp3) is 0.625. The van der Waals surface area contributed by atoms with Gasteiger partial charge in [0.05, 0.1) is 16.6 Å². The van der Waals surface area contributed by atoms with E-state index in [1.807, 2.05) is 27.5 Å². The third kappa shape index (κ3) is 6.07. The largest absolute Gasteiger partial charge is 0.493 e. The molecule has 0 unspecified atom stereocenters. The average molecular weight is 497 g/mol. The van der Waals surface area contributed by atoms with Gasteiger partial charge in [-0.05, 0) is 66.2 Å². The van der Waals surface area contributed by atoms with Crippen molar-refractivity contribution in [3.05, 3.63) is 21.3 Å². The Bertz CT molecular complexity index is 612. The van der Waals surface area contributed by atoms with Crippen LogP contribution >= 0.6 is 22.6 Å². The molecule has 10 heteroatoms. The average Bonchev–Trinajstić information content (AvgIpc) is 2.52. The van der Waals surface area contributed by atoms with Gasteiger partial charge in [-0.25, -0.2) is 0 Å². The lowest BCUT2D eigenvalue weighted by molar-refractivity contribution is -0.185. The van der Waals surface area contributed by atoms with Gasteiger partial charge in [0, 0.05) is 6.54 Å². The maximum Gasteiger partial charge on any atom is 0.422 e. The number of rotatable bonds is 5. The summed E-state index contributed by atoms with van der Waals surface area (Å²) in [7, 11) is 1.32. The molecule has 1 fully saturated rings. The number of halogens is 7. The fourth-order valence-corrected chi connectivity index (χ4v) is 3.66. The minimum atomic E-state index is -4.46. The molecule has 1 aliphatic heterocycles. The van der Waals surface area contributed by atoms with E-state index in [0.717, 1.165) is 5.56 Å². The van der Waals surface area contributed by atoms with Crippen molar-refractivity contribution in [2.75, 3.05) is 26.8 Å². The molecule has 1 saturated heterocycles. The van der Waals surface area contributed by atoms with Crippen LogP contribution in [0.2, 0.25) is 0 Å². The molecule has 0 N–H and O–H groups in total. The molecule has 0 aromatic heterocycles. The van der Waals surface area contributed by atoms with Gasteiger partial charge in [0.2, 0.25) is 0 Å². The van der Waals surface area contributed by atoms with Gasteiger partial charge in [-0.3, -0.25) is 4.90 Å². The van der Waals surface area contributed by atoms with Gasteiger partial charge in [0.15, 0.2) is 18.1 Å². The van der Waals surface area contributed by atoms with E-state index < -0.39 is 24.9 Å². The highest BCUT2D eigenvalue weighted by atomic mass is 127. The van der Waals surface area contributed by atoms with E-state index in [0.29, 0.717) is 23.2 Å². The Morgan fingerprint density at radius 1 is 1.12 bits per heavy atom. The minimum absolute atomic E-state index is 0.00459. The van der Waals surface area contributed by atoms with Gasteiger partial charge in [-0.2, -0.15) is 26.3 Å². The number of ether oxygens (including phenoxy) is 2. The molecule has 0 saturated carbocycles. The van der Waals surface area contributed by atoms with Crippen molar-refractivity contribution in [1.29, 1.82) is 0 Å². The van der Waals surface area contributed by atoms with E-state index in [2.05, 4.69) is 0 Å². The molecular weight excluding hydrogens is 479 g/mol. The SMILES string of the molecule is COc1cc(CN2CCC(C(F)(F)F)CC2)cc(I)c1OCC(F)(F)F. The molecule has 148 valence electrons. The zero-order chi connectivity index (χ0) is 19.5. The van der Waals surface area contributed by atoms with Gasteiger partial charge >= 0.3 is 12.4 Å². The van der Waals surface area contributed by atoms with E-state index in [4.69, 9.17) is 9.47 Å². The van der Waals surface area contributed by atoms with Gasteiger partial charge in [-0.15, -0.1) is 0 Å². The number of piperidine rings is 1. The van der Waals surface area contributed by atoms with Gasteiger partial charge in [0.25, 0.3) is 0 Å². The number of benzene rings is 1. The van der Waals surface area contributed by atoms with Crippen molar-refractivity contribution in [2.24, 2.45) is 5.92 Å². The molecular formula is C16H18F6INO2. The first kappa shape index (κ1) is 21.4. The number of hydrogen-bond donors (Lipinski definition) is 0. The lowest BCUT2D eigenvalue weighted by atomic mass is 9.96. The Morgan fingerprint density at radius 3 is 2.23 bits per heavy atom. The van der Waals surface area contributed by atoms with Gasteiger partial charge < -0.3 is 9.47 Å². The van der Waals surface area contributed by atoms with Gasteiger partial charge in [-0.1, -0.05) is 0 Å². The second-order valence-corrected chi connectivity index (χ2v) is 7.27. The highest BCUT2D eigenvalue weighted by Crippen LogP contribution is 2.37. The molecule has 3 nitrogen and oxygen atoms in total. The van der Waals surface area contributed by atoms with Crippen LogP contribution in [0.5, 0.6) is 11.5 Å². The Kier molecular flexibility index (Phi) is 6.92. The van der Waals surface area contributed by atoms with Crippen molar-refractivity contribution in [3.63, 3.8) is 0 Å². The van der Waals surface area contributed by atoms with Gasteiger partial charge in [0.1, 0.15) is 0 Å². The monoisotopic (exact) mass is 497 g/mol. The number of alkyl halides is 6. The molecule has 0 aliphatic carbocycles. The van der Waals surface area contributed by atoms with Crippen LogP contribution in [0, 0.1) is 9.49 Å². The summed E-state index contributed by atoms with van der Waals surface area (Å²) in [5.74, 6) is -1.10. The Hall–Kier alpha value is -0.910. The molecule has 1 aromatic carbocycles. The summed E-state index contributed by atoms with van der Waals surface area (Å²) in [6.45, 7) is -0.398. The fourth-order valence-electron chi connectivity index (χ4n) is 2.84. The molecule has 0 atom stereocenters. The maximum atomic E-state index is 12.7. The van der Waals surface area contributed by atoms with Crippen LogP contribution in [0.3, 0.4) is 0 Å². The molecule has 0 spiro atoms. The Balaban J connectivity index is 2.04. The highest BCUT2D eigenvalue weighted by molar-refractivity contribution is 14.1. The summed E-state index contributed by atoms with van der Waals surface area (Å²) >= 11 is 1.85. The summed E-state index contributed by atoms with van der Waals surface area (Å²) in [6, 6.07) is 3.22. The maximum absolute atomic E-state index is 12.7. The summed E-state index contributed by atoms with van der Waals surface area (Å²) in [5, 5.41) is 0. The van der Waals surface area contributed by atoms with E-state index in [-0.39, 0.29) is 24.3 Å². The predicted octanol–water partition coefficient (Wildman–Crippen LogP) is 5.02. The molecule has 0 radical (unpaired) electrons. The molecule has 2 rings (SSSR count). The Morgan fingerprint density at radius 2 is 1.73 bits per heavy atom. The van der Waals surface area contributed by atoms with Crippen LogP contribution in [-0.4, -0.2) is 44.1 Å². The van der Waals surface area contributed by atoms with Crippen molar-refractivity contribution < 1.29 is 35.8 Å². The third-order valence-electron chi connectivity index (χ3n) is 4.13. The number of nitrogens with zero attached hydrogens (tertiary/aromatic N) is 1. The van der Waals surface area contributed by atoms with Crippen molar-refractivity contribution in [2.45, 2.75) is 31.7 Å². The van der Waals surface area contributed by atoms with Crippen LogP contribution in [0.25, 0.3) is 0 Å². The van der Waals surface area contributed by atoms with E-state index in [1.54, 1.807) is 12.1 Å². The number of likely N-dealkylation sites (tertiary alicyclic amines) is 1. The van der Waals surface area contributed by atoms with Crippen LogP contribution in [0.15, 0.2) is 12.1 Å². The smallest absolute Gasteiger partial charge is 0.422 e. The molecule has 0 bridgehead atoms. The van der Waals surface area contributed by atoms with E-state index in [1.165, 1.54) is 7.11 Å². The van der Waals surface area contributed by atoms with Crippen LogP contribution < -0.4 is 9.47 Å². The lowest BCUT2D eigenvalue weighted by Gasteiger charge is -2.33. The van der Waals surface area contributed by atoms with Crippen LogP contribution in [-0.2, 0) is 6.54 Å². The van der Waals surface area contributed by atoms with Crippen molar-refractivity contribution >= 4 is 22.6 Å². The first-order chi connectivity index (χ1) is 12.0. The highest BCUT2D eigenvalue weighted by Gasteiger charge is 2.41. The molecule has 1 aliphatic rings. The first-order valence-corrected chi connectivity index (χ1v) is 8.92. The summed E-state index contributed by atoms with van der Waals surface area (Å²) in [5.41, 5.74) is 0.746. The molecule has 0 amide bonds. The quantitative estimate of drug-likeness (QED) is 0.422. The first-order valence-electron chi connectivity index (χ1n) is 7.84. The summed E-state index contributed by atoms with van der Waals surface area (Å²) in [6.07, 6.45) is -8.53.